The first-order valence-corrected chi connectivity index (χ1v) is 39.3. The Kier molecular flexibility index (Phi) is 42.9. The molecule has 536 valence electrons. The number of benzene rings is 1. The summed E-state index contributed by atoms with van der Waals surface area (Å²) < 4.78 is 13.0. The molecule has 0 fully saturated rings. The van der Waals surface area contributed by atoms with Gasteiger partial charge >= 0.3 is 13.3 Å². The highest BCUT2D eigenvalue weighted by molar-refractivity contribution is 7.51. The van der Waals surface area contributed by atoms with Crippen molar-refractivity contribution >= 4 is 48.0 Å². The summed E-state index contributed by atoms with van der Waals surface area (Å²) >= 11 is 0. The van der Waals surface area contributed by atoms with Crippen LogP contribution in [0.1, 0.15) is 281 Å². The second-order valence-corrected chi connectivity index (χ2v) is 31.8. The van der Waals surface area contributed by atoms with Crippen LogP contribution in [0, 0.1) is 47.3 Å². The van der Waals surface area contributed by atoms with Crippen molar-refractivity contribution in [1.82, 2.24) is 40.8 Å². The average Bonchev–Trinajstić information content (AvgIpc) is 1.65. The lowest BCUT2D eigenvalue weighted by atomic mass is 9.80. The molecular weight excluding hydrogens is 1180 g/mol. The Labute approximate surface area is 565 Å². The van der Waals surface area contributed by atoms with Crippen LogP contribution in [0.3, 0.4) is 0 Å². The van der Waals surface area contributed by atoms with Crippen LogP contribution < -0.4 is 49.1 Å². The van der Waals surface area contributed by atoms with Gasteiger partial charge in [0.2, 0.25) is 17.8 Å². The number of aromatic nitrogens is 4. The molecule has 1 aromatic carbocycles. The first-order valence-electron chi connectivity index (χ1n) is 37.5. The first kappa shape index (κ1) is 83.3. The number of hydrogen-bond donors (Lipinski definition) is 11. The molecule has 3 rings (SSSR count). The van der Waals surface area contributed by atoms with E-state index in [0.29, 0.717) is 47.7 Å². The summed E-state index contributed by atoms with van der Waals surface area (Å²) in [5, 5.41) is 19.5. The molecule has 0 aliphatic heterocycles. The van der Waals surface area contributed by atoms with E-state index < -0.39 is 13.6 Å². The number of carbonyl (C=O) groups is 2. The highest BCUT2D eigenvalue weighted by Crippen LogP contribution is 2.35. The van der Waals surface area contributed by atoms with Crippen LogP contribution in [0.25, 0.3) is 11.2 Å². The monoisotopic (exact) mass is 1320 g/mol. The Balaban J connectivity index is 1.39. The smallest absolute Gasteiger partial charge is 0.328 e. The number of anilines is 3. The number of nitrogens with zero attached hydrogens (tertiary/aromatic N) is 3. The summed E-state index contributed by atoms with van der Waals surface area (Å²) in [4.78, 5) is 70.0. The van der Waals surface area contributed by atoms with Crippen molar-refractivity contribution in [2.45, 2.75) is 293 Å². The second kappa shape index (κ2) is 47.9. The van der Waals surface area contributed by atoms with E-state index in [1.165, 1.54) is 133 Å². The molecule has 18 nitrogen and oxygen atoms in total. The van der Waals surface area contributed by atoms with E-state index >= 15 is 0 Å². The van der Waals surface area contributed by atoms with E-state index in [1.54, 1.807) is 24.3 Å². The van der Waals surface area contributed by atoms with Gasteiger partial charge in [0.1, 0.15) is 5.52 Å². The molecule has 0 aliphatic rings. The van der Waals surface area contributed by atoms with Gasteiger partial charge in [0.15, 0.2) is 11.5 Å². The minimum atomic E-state index is -4.21. The lowest BCUT2D eigenvalue weighted by Gasteiger charge is -2.32. The topological polar surface area (TPSA) is 279 Å². The standard InChI is InChI=1S/C74H139N12O6P/c1-12-13-50-81-72-84-69(75)68-70(85-72)86(73(89)83-68)55-64-36-38-65(39-37-64)82-71(88)66(79-52-23-54-93(90,91)92)40-41-67(87)80-51-22-49-77-47-14-15-48-78-53-46-74(76,44-42-62(10)34-20-32-60(8)30-18-28-58(6)26-16-24-56(2)3)45-43-63(11)35-21-33-61(9)31-19-29-59(7)27-17-25-57(4)5/h36-39,56-63,66,77-79H,12-35,40-55,76H2,1-11H3,(H,80,87)(H,82,88)(H,83,89)(H2,90,91,92)(H3,75,81,84,85)/t58?,59?,60?,61?,62?,63?,66-,74?/m0/s1. The number of imidazole rings is 1. The lowest BCUT2D eigenvalue weighted by Crippen LogP contribution is -2.43. The van der Waals surface area contributed by atoms with Gasteiger partial charge in [-0.05, 0) is 168 Å². The molecule has 2 heterocycles. The van der Waals surface area contributed by atoms with Crippen molar-refractivity contribution in [3.05, 3.63) is 40.3 Å². The largest absolute Gasteiger partial charge is 0.382 e. The molecule has 0 radical (unpaired) electrons. The summed E-state index contributed by atoms with van der Waals surface area (Å²) in [7, 11) is -4.21. The summed E-state index contributed by atoms with van der Waals surface area (Å²) in [6, 6.07) is 6.26. The van der Waals surface area contributed by atoms with Crippen LogP contribution in [0.2, 0.25) is 0 Å². The lowest BCUT2D eigenvalue weighted by molar-refractivity contribution is -0.121. The molecular formula is C74H139N12O6P. The minimum absolute atomic E-state index is 0.0892. The third-order valence-electron chi connectivity index (χ3n) is 19.4. The average molecular weight is 1320 g/mol. The zero-order valence-electron chi connectivity index (χ0n) is 60.8. The molecule has 2 aromatic heterocycles. The van der Waals surface area contributed by atoms with E-state index in [-0.39, 0.29) is 67.4 Å². The Hall–Kier alpha value is -3.90. The highest BCUT2D eigenvalue weighted by Gasteiger charge is 2.27. The Morgan fingerprint density at radius 1 is 0.581 bits per heavy atom. The number of H-pyrrole nitrogens is 1. The van der Waals surface area contributed by atoms with E-state index in [4.69, 9.17) is 11.5 Å². The molecule has 2 amide bonds. The third kappa shape index (κ3) is 39.8. The molecule has 0 saturated heterocycles. The molecule has 0 aliphatic carbocycles. The molecule has 6 unspecified atom stereocenters. The molecule has 0 bridgehead atoms. The zero-order chi connectivity index (χ0) is 68.4. The maximum absolute atomic E-state index is 13.6. The summed E-state index contributed by atoms with van der Waals surface area (Å²) in [6.07, 6.45) is 35.1. The predicted octanol–water partition coefficient (Wildman–Crippen LogP) is 15.5. The van der Waals surface area contributed by atoms with Crippen molar-refractivity contribution < 1.29 is 23.9 Å². The zero-order valence-corrected chi connectivity index (χ0v) is 61.7. The van der Waals surface area contributed by atoms with Crippen molar-refractivity contribution in [2.75, 3.05) is 68.3 Å². The summed E-state index contributed by atoms with van der Waals surface area (Å²) in [6.45, 7) is 31.4. The van der Waals surface area contributed by atoms with Crippen LogP contribution in [-0.4, -0.2) is 105 Å². The number of rotatable bonds is 58. The van der Waals surface area contributed by atoms with Crippen LogP contribution in [0.4, 0.5) is 17.5 Å². The summed E-state index contributed by atoms with van der Waals surface area (Å²) in [5.74, 6) is 6.36. The first-order chi connectivity index (χ1) is 44.3. The van der Waals surface area contributed by atoms with Crippen LogP contribution in [-0.2, 0) is 20.7 Å². The summed E-state index contributed by atoms with van der Waals surface area (Å²) in [5.41, 5.74) is 15.1. The van der Waals surface area contributed by atoms with Gasteiger partial charge in [-0.15, -0.1) is 0 Å². The maximum atomic E-state index is 13.6. The fraction of sp³-hybridized carbons (Fsp3) is 0.824. The van der Waals surface area contributed by atoms with Crippen LogP contribution in [0.15, 0.2) is 29.1 Å². The van der Waals surface area contributed by atoms with E-state index in [0.717, 1.165) is 119 Å². The SMILES string of the molecule is CCCCNc1nc(N)c2[nH]c(=O)n(Cc3ccc(NC(=O)[C@H](CCC(=O)NCCCNCCCCNCCC(N)(CCC(C)CCCC(C)CCCC(C)CCCC(C)C)CCC(C)CCCC(C)CCCC(C)CCCC(C)C)NCCCP(=O)(O)O)cc3)c2n1. The van der Waals surface area contributed by atoms with Gasteiger partial charge in [-0.3, -0.25) is 18.7 Å². The fourth-order valence-corrected chi connectivity index (χ4v) is 13.4. The number of carbonyl (C=O) groups excluding carboxylic acids is 2. The number of hydrogen-bond acceptors (Lipinski definition) is 12. The van der Waals surface area contributed by atoms with Gasteiger partial charge in [0.25, 0.3) is 0 Å². The Morgan fingerprint density at radius 2 is 1.06 bits per heavy atom. The number of unbranched alkanes of at least 4 members (excludes halogenated alkanes) is 2. The van der Waals surface area contributed by atoms with Crippen LogP contribution in [0.5, 0.6) is 0 Å². The van der Waals surface area contributed by atoms with Crippen molar-refractivity contribution in [3.63, 3.8) is 0 Å². The van der Waals surface area contributed by atoms with E-state index in [9.17, 15) is 28.7 Å². The number of amides is 2. The maximum Gasteiger partial charge on any atom is 0.328 e. The van der Waals surface area contributed by atoms with E-state index in [1.807, 2.05) is 0 Å². The number of nitrogens with one attached hydrogen (secondary N) is 7. The van der Waals surface area contributed by atoms with Gasteiger partial charge < -0.3 is 58.1 Å². The van der Waals surface area contributed by atoms with Gasteiger partial charge in [-0.1, -0.05) is 210 Å². The van der Waals surface area contributed by atoms with Gasteiger partial charge in [-0.2, -0.15) is 9.97 Å². The number of nitrogens with two attached hydrogens (primary N) is 2. The van der Waals surface area contributed by atoms with Gasteiger partial charge in [0.05, 0.1) is 18.7 Å². The second-order valence-electron chi connectivity index (χ2n) is 30.0. The molecule has 19 heteroatoms. The molecule has 7 atom stereocenters. The third-order valence-corrected chi connectivity index (χ3v) is 20.3. The van der Waals surface area contributed by atoms with E-state index in [2.05, 4.69) is 123 Å². The minimum Gasteiger partial charge on any atom is -0.382 e. The Morgan fingerprint density at radius 3 is 1.56 bits per heavy atom. The molecule has 0 saturated carbocycles. The quantitative estimate of drug-likeness (QED) is 0.0185. The van der Waals surface area contributed by atoms with Crippen molar-refractivity contribution in [1.29, 1.82) is 0 Å². The molecule has 13 N–H and O–H groups in total. The van der Waals surface area contributed by atoms with Crippen molar-refractivity contribution in [2.24, 2.45) is 53.1 Å². The molecule has 3 aromatic rings. The van der Waals surface area contributed by atoms with Crippen molar-refractivity contribution in [3.8, 4) is 0 Å². The van der Waals surface area contributed by atoms with Crippen LogP contribution >= 0.6 is 7.60 Å². The number of nitrogen functional groups attached to an aromatic ring is 1. The highest BCUT2D eigenvalue weighted by atomic mass is 31.2. The number of fused-ring (bicyclic) bond motifs is 1. The van der Waals surface area contributed by atoms with Gasteiger partial charge in [0, 0.05) is 30.7 Å². The predicted molar refractivity (Wildman–Crippen MR) is 393 cm³/mol. The Bertz CT molecular complexity index is 2490. The molecule has 93 heavy (non-hydrogen) atoms. The van der Waals surface area contributed by atoms with Gasteiger partial charge in [-0.25, -0.2) is 4.79 Å². The molecule has 0 spiro atoms. The number of aromatic amines is 1. The fourth-order valence-electron chi connectivity index (χ4n) is 12.9. The normalized spacial score (nSPS) is 15.1.